The Labute approximate surface area is 211 Å². The maximum Gasteiger partial charge on any atom is 0.310 e. The molecule has 0 aliphatic rings. The van der Waals surface area contributed by atoms with Crippen LogP contribution in [0.4, 0.5) is 0 Å². The fourth-order valence-electron chi connectivity index (χ4n) is 4.17. The van der Waals surface area contributed by atoms with Gasteiger partial charge in [-0.25, -0.2) is 0 Å². The van der Waals surface area contributed by atoms with Gasteiger partial charge in [0.25, 0.3) is 0 Å². The third kappa shape index (κ3) is 5.76. The maximum atomic E-state index is 12.1. The van der Waals surface area contributed by atoms with Crippen molar-refractivity contribution in [3.8, 4) is 22.9 Å². The molecule has 4 aromatic rings. The molecule has 6 heteroatoms. The molecule has 0 unspecified atom stereocenters. The van der Waals surface area contributed by atoms with Crippen LogP contribution in [0.25, 0.3) is 22.1 Å². The first-order chi connectivity index (χ1) is 17.5. The minimum atomic E-state index is -0.337. The molecule has 0 saturated heterocycles. The zero-order valence-electron chi connectivity index (χ0n) is 20.8. The lowest BCUT2D eigenvalue weighted by atomic mass is 9.98. The summed E-state index contributed by atoms with van der Waals surface area (Å²) < 4.78 is 22.7. The van der Waals surface area contributed by atoms with E-state index in [1.165, 1.54) is 5.56 Å². The molecule has 0 bridgehead atoms. The van der Waals surface area contributed by atoms with Gasteiger partial charge in [-0.05, 0) is 60.4 Å². The molecule has 0 aliphatic heterocycles. The number of fused-ring (bicyclic) bond motifs is 1. The van der Waals surface area contributed by atoms with Crippen molar-refractivity contribution in [1.29, 1.82) is 5.26 Å². The number of methoxy groups -OCH3 is 1. The number of nitrogens with zero attached hydrogens (tertiary/aromatic N) is 1. The van der Waals surface area contributed by atoms with Crippen LogP contribution in [0.1, 0.15) is 41.9 Å². The molecule has 0 atom stereocenters. The second-order valence-corrected chi connectivity index (χ2v) is 8.47. The Morgan fingerprint density at radius 3 is 2.61 bits per heavy atom. The minimum absolute atomic E-state index is 0.0745. The lowest BCUT2D eigenvalue weighted by Gasteiger charge is -2.13. The van der Waals surface area contributed by atoms with E-state index in [1.54, 1.807) is 32.2 Å². The summed E-state index contributed by atoms with van der Waals surface area (Å²) in [6.45, 7) is 4.85. The van der Waals surface area contributed by atoms with Crippen LogP contribution in [0.2, 0.25) is 0 Å². The number of rotatable bonds is 10. The third-order valence-electron chi connectivity index (χ3n) is 5.89. The molecule has 0 N–H and O–H groups in total. The molecule has 6 nitrogen and oxygen atoms in total. The average Bonchev–Trinajstić information content (AvgIpc) is 3.30. The number of ether oxygens (including phenoxy) is 3. The summed E-state index contributed by atoms with van der Waals surface area (Å²) in [6, 6.07) is 21.7. The van der Waals surface area contributed by atoms with Crippen molar-refractivity contribution in [2.24, 2.45) is 0 Å². The standard InChI is InChI=1S/C30H29NO5/c1-4-20-7-6-8-23(11-20)27-13-22(12-25-15-26(19-33-3)36-30(25)27)18-35-28-14-21(17-31)9-10-24(28)16-29(32)34-5-2/h6-15H,4-5,16,18-19H2,1-3H3. The molecule has 1 heterocycles. The fraction of sp³-hybridized carbons (Fsp3) is 0.267. The normalized spacial score (nSPS) is 10.8. The molecule has 0 saturated carbocycles. The summed E-state index contributed by atoms with van der Waals surface area (Å²) in [7, 11) is 1.64. The van der Waals surface area contributed by atoms with Gasteiger partial charge in [0, 0.05) is 23.6 Å². The van der Waals surface area contributed by atoms with Gasteiger partial charge in [-0.15, -0.1) is 0 Å². The van der Waals surface area contributed by atoms with E-state index < -0.39 is 0 Å². The third-order valence-corrected chi connectivity index (χ3v) is 5.89. The number of furan rings is 1. The molecule has 0 fully saturated rings. The van der Waals surface area contributed by atoms with Gasteiger partial charge >= 0.3 is 5.97 Å². The maximum absolute atomic E-state index is 12.1. The topological polar surface area (TPSA) is 81.7 Å². The van der Waals surface area contributed by atoms with E-state index in [9.17, 15) is 10.1 Å². The summed E-state index contributed by atoms with van der Waals surface area (Å²) in [5.41, 5.74) is 6.15. The first-order valence-corrected chi connectivity index (χ1v) is 12.0. The van der Waals surface area contributed by atoms with Crippen LogP contribution in [-0.2, 0) is 40.3 Å². The van der Waals surface area contributed by atoms with Crippen LogP contribution in [0.5, 0.6) is 5.75 Å². The number of aryl methyl sites for hydroxylation is 1. The van der Waals surface area contributed by atoms with Crippen LogP contribution < -0.4 is 4.74 Å². The van der Waals surface area contributed by atoms with E-state index in [0.29, 0.717) is 30.1 Å². The Balaban J connectivity index is 1.70. The molecule has 184 valence electrons. The molecule has 0 spiro atoms. The van der Waals surface area contributed by atoms with Crippen molar-refractivity contribution in [2.75, 3.05) is 13.7 Å². The van der Waals surface area contributed by atoms with Gasteiger partial charge in [0.15, 0.2) is 0 Å². The largest absolute Gasteiger partial charge is 0.489 e. The van der Waals surface area contributed by atoms with Crippen molar-refractivity contribution in [3.63, 3.8) is 0 Å². The second-order valence-electron chi connectivity index (χ2n) is 8.47. The molecule has 0 aliphatic carbocycles. The predicted octanol–water partition coefficient (Wildman–Crippen LogP) is 6.36. The number of hydrogen-bond acceptors (Lipinski definition) is 6. The van der Waals surface area contributed by atoms with Crippen LogP contribution in [0.15, 0.2) is 65.1 Å². The summed E-state index contributed by atoms with van der Waals surface area (Å²) in [4.78, 5) is 12.1. The van der Waals surface area contributed by atoms with Gasteiger partial charge in [0.05, 0.1) is 24.7 Å². The SMILES string of the molecule is CCOC(=O)Cc1ccc(C#N)cc1OCc1cc(-c2cccc(CC)c2)c2oc(COC)cc2c1. The molecule has 3 aromatic carbocycles. The van der Waals surface area contributed by atoms with Gasteiger partial charge in [-0.1, -0.05) is 37.3 Å². The second kappa shape index (κ2) is 11.6. The Morgan fingerprint density at radius 2 is 1.86 bits per heavy atom. The molecule has 0 amide bonds. The van der Waals surface area contributed by atoms with Crippen molar-refractivity contribution in [2.45, 2.75) is 39.9 Å². The number of carbonyl (C=O) groups excluding carboxylic acids is 1. The van der Waals surface area contributed by atoms with Gasteiger partial charge in [0.2, 0.25) is 0 Å². The highest BCUT2D eigenvalue weighted by Crippen LogP contribution is 2.34. The number of nitriles is 1. The Kier molecular flexibility index (Phi) is 8.04. The number of benzene rings is 3. The zero-order valence-corrected chi connectivity index (χ0v) is 20.8. The van der Waals surface area contributed by atoms with Crippen molar-refractivity contribution < 1.29 is 23.4 Å². The summed E-state index contributed by atoms with van der Waals surface area (Å²) >= 11 is 0. The van der Waals surface area contributed by atoms with Crippen molar-refractivity contribution in [3.05, 3.63) is 88.7 Å². The Morgan fingerprint density at radius 1 is 1.00 bits per heavy atom. The lowest BCUT2D eigenvalue weighted by Crippen LogP contribution is -2.09. The van der Waals surface area contributed by atoms with Crippen LogP contribution in [0, 0.1) is 11.3 Å². The fourth-order valence-corrected chi connectivity index (χ4v) is 4.17. The molecule has 0 radical (unpaired) electrons. The summed E-state index contributed by atoms with van der Waals surface area (Å²) in [5, 5.41) is 10.3. The first kappa shape index (κ1) is 25.0. The number of esters is 1. The van der Waals surface area contributed by atoms with E-state index in [0.717, 1.165) is 39.8 Å². The zero-order chi connectivity index (χ0) is 25.5. The molecule has 1 aromatic heterocycles. The molecule has 36 heavy (non-hydrogen) atoms. The van der Waals surface area contributed by atoms with Gasteiger partial charge in [-0.3, -0.25) is 4.79 Å². The highest BCUT2D eigenvalue weighted by molar-refractivity contribution is 5.93. The van der Waals surface area contributed by atoms with Crippen molar-refractivity contribution >= 4 is 16.9 Å². The highest BCUT2D eigenvalue weighted by atomic mass is 16.5. The Bertz CT molecular complexity index is 1410. The summed E-state index contributed by atoms with van der Waals surface area (Å²) in [5.74, 6) is 0.900. The molecule has 4 rings (SSSR count). The average molecular weight is 484 g/mol. The van der Waals surface area contributed by atoms with Gasteiger partial charge < -0.3 is 18.6 Å². The summed E-state index contributed by atoms with van der Waals surface area (Å²) in [6.07, 6.45) is 1.01. The van der Waals surface area contributed by atoms with Crippen LogP contribution in [0.3, 0.4) is 0 Å². The van der Waals surface area contributed by atoms with E-state index in [2.05, 4.69) is 43.3 Å². The first-order valence-electron chi connectivity index (χ1n) is 12.0. The van der Waals surface area contributed by atoms with E-state index in [1.807, 2.05) is 12.1 Å². The molecular formula is C30H29NO5. The monoisotopic (exact) mass is 483 g/mol. The number of carbonyl (C=O) groups is 1. The molecular weight excluding hydrogens is 454 g/mol. The van der Waals surface area contributed by atoms with Gasteiger partial charge in [-0.2, -0.15) is 5.26 Å². The number of hydrogen-bond donors (Lipinski definition) is 0. The van der Waals surface area contributed by atoms with Crippen molar-refractivity contribution in [1.82, 2.24) is 0 Å². The predicted molar refractivity (Wildman–Crippen MR) is 138 cm³/mol. The quantitative estimate of drug-likeness (QED) is 0.244. The highest BCUT2D eigenvalue weighted by Gasteiger charge is 2.15. The van der Waals surface area contributed by atoms with E-state index in [4.69, 9.17) is 18.6 Å². The van der Waals surface area contributed by atoms with Gasteiger partial charge in [0.1, 0.15) is 30.3 Å². The smallest absolute Gasteiger partial charge is 0.310 e. The van der Waals surface area contributed by atoms with Crippen LogP contribution >= 0.6 is 0 Å². The van der Waals surface area contributed by atoms with E-state index >= 15 is 0 Å². The minimum Gasteiger partial charge on any atom is -0.489 e. The Hall–Kier alpha value is -4.08. The van der Waals surface area contributed by atoms with Crippen LogP contribution in [-0.4, -0.2) is 19.7 Å². The van der Waals surface area contributed by atoms with E-state index in [-0.39, 0.29) is 19.0 Å². The lowest BCUT2D eigenvalue weighted by molar-refractivity contribution is -0.142.